The number of fused-ring (bicyclic) bond motifs is 1. The lowest BCUT2D eigenvalue weighted by Crippen LogP contribution is -2.91. The van der Waals surface area contributed by atoms with E-state index in [1.165, 1.54) is 15.9 Å². The van der Waals surface area contributed by atoms with E-state index >= 15 is 0 Å². The fourth-order valence-corrected chi connectivity index (χ4v) is 5.81. The molecule has 4 fully saturated rings. The molecule has 172 valence electrons. The molecule has 1 aliphatic carbocycles. The lowest BCUT2D eigenvalue weighted by molar-refractivity contribution is -0.212. The van der Waals surface area contributed by atoms with E-state index in [-0.39, 0.29) is 32.1 Å². The molecule has 0 radical (unpaired) electrons. The van der Waals surface area contributed by atoms with Crippen LogP contribution in [0.3, 0.4) is 0 Å². The van der Waals surface area contributed by atoms with Crippen molar-refractivity contribution < 1.29 is 24.0 Å². The summed E-state index contributed by atoms with van der Waals surface area (Å²) in [5, 5.41) is 4.75. The number of nitrogens with zero attached hydrogens (tertiary/aromatic N) is 3. The van der Waals surface area contributed by atoms with Crippen LogP contribution >= 0.6 is 0 Å². The first kappa shape index (κ1) is 21.2. The van der Waals surface area contributed by atoms with E-state index in [2.05, 4.69) is 10.6 Å². The molecule has 4 atom stereocenters. The van der Waals surface area contributed by atoms with E-state index in [4.69, 9.17) is 0 Å². The van der Waals surface area contributed by atoms with Crippen molar-refractivity contribution in [3.63, 3.8) is 0 Å². The summed E-state index contributed by atoms with van der Waals surface area (Å²) < 4.78 is 0. The Kier molecular flexibility index (Phi) is 4.59. The monoisotopic (exact) mass is 451 g/mol. The summed E-state index contributed by atoms with van der Waals surface area (Å²) in [5.74, 6) is -1.29. The molecule has 10 nitrogen and oxygen atoms in total. The van der Waals surface area contributed by atoms with Gasteiger partial charge in [-0.05, 0) is 25.5 Å². The minimum atomic E-state index is -1.19. The van der Waals surface area contributed by atoms with Gasteiger partial charge in [0.1, 0.15) is 0 Å². The van der Waals surface area contributed by atoms with Crippen molar-refractivity contribution in [1.82, 2.24) is 25.3 Å². The van der Waals surface area contributed by atoms with Crippen LogP contribution < -0.4 is 10.6 Å². The number of hydrogen-bond donors (Lipinski definition) is 2. The largest absolute Gasteiger partial charge is 0.336 e. The van der Waals surface area contributed by atoms with E-state index in [9.17, 15) is 24.0 Å². The molecular weight excluding hydrogens is 426 g/mol. The molecule has 3 aliphatic heterocycles. The Labute approximate surface area is 190 Å². The first-order chi connectivity index (χ1) is 15.7. The van der Waals surface area contributed by atoms with Crippen molar-refractivity contribution >= 4 is 35.9 Å². The number of rotatable bonds is 2. The van der Waals surface area contributed by atoms with Crippen molar-refractivity contribution in [3.05, 3.63) is 42.0 Å². The van der Waals surface area contributed by atoms with Crippen molar-refractivity contribution in [2.75, 3.05) is 26.2 Å². The molecule has 2 N–H and O–H groups in total. The maximum Gasteiger partial charge on any atom is 0.324 e. The SMILES string of the molecule is CC12C(=O)NC(=O)N3CCN(C(=O)/C=C/c4ccccc4)CCN4C(=O)NC(=O)C1(C)C4C32. The average Bonchev–Trinajstić information content (AvgIpc) is 2.88. The van der Waals surface area contributed by atoms with Crippen LogP contribution in [0.15, 0.2) is 36.4 Å². The molecule has 0 bridgehead atoms. The highest BCUT2D eigenvalue weighted by Crippen LogP contribution is 2.63. The normalized spacial score (nSPS) is 33.5. The Hall–Kier alpha value is -3.69. The van der Waals surface area contributed by atoms with Gasteiger partial charge in [-0.15, -0.1) is 0 Å². The number of hydrogen-bond acceptors (Lipinski definition) is 5. The van der Waals surface area contributed by atoms with Crippen LogP contribution in [0.2, 0.25) is 0 Å². The van der Waals surface area contributed by atoms with Gasteiger partial charge < -0.3 is 14.7 Å². The third kappa shape index (κ3) is 2.76. The van der Waals surface area contributed by atoms with Crippen LogP contribution in [0.25, 0.3) is 6.08 Å². The van der Waals surface area contributed by atoms with E-state index in [0.29, 0.717) is 0 Å². The zero-order valence-corrected chi connectivity index (χ0v) is 18.4. The van der Waals surface area contributed by atoms with Crippen LogP contribution in [-0.2, 0) is 14.4 Å². The summed E-state index contributed by atoms with van der Waals surface area (Å²) in [5.41, 5.74) is -1.51. The van der Waals surface area contributed by atoms with Gasteiger partial charge in [0, 0.05) is 32.3 Å². The van der Waals surface area contributed by atoms with Gasteiger partial charge in [-0.1, -0.05) is 30.3 Å². The lowest BCUT2D eigenvalue weighted by Gasteiger charge is -2.71. The standard InChI is InChI=1S/C23H25N5O5/c1-22-16-17-23(22,2)19(31)25-21(33)28(17)13-11-26(10-12-27(16)20(32)24-18(22)30)15(29)9-8-14-6-4-3-5-7-14/h3-9,16-17H,10-13H2,1-2H3,(H,24,30,32)(H,25,31,33)/b9-8+. The average molecular weight is 451 g/mol. The summed E-state index contributed by atoms with van der Waals surface area (Å²) in [6.07, 6.45) is 3.18. The van der Waals surface area contributed by atoms with Gasteiger partial charge in [0.05, 0.1) is 22.9 Å². The zero-order chi connectivity index (χ0) is 23.5. The Bertz CT molecular complexity index is 1050. The molecule has 1 aromatic carbocycles. The van der Waals surface area contributed by atoms with E-state index in [0.717, 1.165) is 5.56 Å². The minimum absolute atomic E-state index is 0.181. The summed E-state index contributed by atoms with van der Waals surface area (Å²) in [6, 6.07) is 6.97. The van der Waals surface area contributed by atoms with Crippen LogP contribution in [0.1, 0.15) is 19.4 Å². The highest BCUT2D eigenvalue weighted by atomic mass is 16.2. The van der Waals surface area contributed by atoms with Gasteiger partial charge in [0.2, 0.25) is 17.7 Å². The highest BCUT2D eigenvalue weighted by molar-refractivity contribution is 6.10. The van der Waals surface area contributed by atoms with Gasteiger partial charge in [-0.3, -0.25) is 25.0 Å². The van der Waals surface area contributed by atoms with Crippen LogP contribution in [0.4, 0.5) is 9.59 Å². The summed E-state index contributed by atoms with van der Waals surface area (Å²) >= 11 is 0. The van der Waals surface area contributed by atoms with Gasteiger partial charge in [0.25, 0.3) is 0 Å². The van der Waals surface area contributed by atoms with Gasteiger partial charge in [-0.2, -0.15) is 0 Å². The molecular formula is C23H25N5O5. The Morgan fingerprint density at radius 1 is 0.848 bits per heavy atom. The quantitative estimate of drug-likeness (QED) is 0.632. The molecule has 4 aliphatic rings. The summed E-state index contributed by atoms with van der Waals surface area (Å²) in [6.45, 7) is 4.17. The highest BCUT2D eigenvalue weighted by Gasteiger charge is 2.80. The molecule has 5 rings (SSSR count). The number of carbonyl (C=O) groups excluding carboxylic acids is 5. The summed E-state index contributed by atoms with van der Waals surface area (Å²) in [4.78, 5) is 68.9. The van der Waals surface area contributed by atoms with Crippen molar-refractivity contribution in [2.24, 2.45) is 10.8 Å². The van der Waals surface area contributed by atoms with E-state index in [1.54, 1.807) is 24.8 Å². The smallest absolute Gasteiger partial charge is 0.324 e. The minimum Gasteiger partial charge on any atom is -0.336 e. The molecule has 3 heterocycles. The second-order valence-corrected chi connectivity index (χ2v) is 9.27. The van der Waals surface area contributed by atoms with Crippen LogP contribution in [0, 0.1) is 10.8 Å². The third-order valence-electron chi connectivity index (χ3n) is 7.89. The molecule has 33 heavy (non-hydrogen) atoms. The molecule has 0 aromatic heterocycles. The number of benzene rings is 1. The molecule has 3 saturated heterocycles. The Balaban J connectivity index is 1.47. The molecule has 4 unspecified atom stereocenters. The summed E-state index contributed by atoms with van der Waals surface area (Å²) in [7, 11) is 0. The predicted octanol–water partition coefficient (Wildman–Crippen LogP) is 0.409. The number of urea groups is 2. The maximum atomic E-state index is 13.0. The van der Waals surface area contributed by atoms with Crippen LogP contribution in [-0.4, -0.2) is 82.7 Å². The lowest BCUT2D eigenvalue weighted by atomic mass is 9.42. The fraction of sp³-hybridized carbons (Fsp3) is 0.435. The maximum absolute atomic E-state index is 13.0. The predicted molar refractivity (Wildman–Crippen MR) is 116 cm³/mol. The van der Waals surface area contributed by atoms with E-state index in [1.807, 2.05) is 30.3 Å². The second kappa shape index (κ2) is 7.16. The van der Waals surface area contributed by atoms with Gasteiger partial charge in [0.15, 0.2) is 0 Å². The second-order valence-electron chi connectivity index (χ2n) is 9.27. The Morgan fingerprint density at radius 2 is 1.33 bits per heavy atom. The molecule has 1 saturated carbocycles. The Morgan fingerprint density at radius 3 is 1.82 bits per heavy atom. The fourth-order valence-electron chi connectivity index (χ4n) is 5.81. The number of nitrogens with one attached hydrogen (secondary N) is 2. The van der Waals surface area contributed by atoms with Crippen molar-refractivity contribution in [1.29, 1.82) is 0 Å². The first-order valence-electron chi connectivity index (χ1n) is 11.0. The molecule has 1 aromatic rings. The van der Waals surface area contributed by atoms with Crippen molar-refractivity contribution in [2.45, 2.75) is 25.9 Å². The van der Waals surface area contributed by atoms with Gasteiger partial charge in [-0.25, -0.2) is 9.59 Å². The van der Waals surface area contributed by atoms with Crippen molar-refractivity contribution in [3.8, 4) is 0 Å². The topological polar surface area (TPSA) is 119 Å². The zero-order valence-electron chi connectivity index (χ0n) is 18.4. The number of imide groups is 2. The van der Waals surface area contributed by atoms with E-state index < -0.39 is 46.8 Å². The number of carbonyl (C=O) groups is 5. The van der Waals surface area contributed by atoms with Crippen LogP contribution in [0.5, 0.6) is 0 Å². The molecule has 0 spiro atoms. The first-order valence-corrected chi connectivity index (χ1v) is 11.0. The number of amides is 7. The van der Waals surface area contributed by atoms with Gasteiger partial charge >= 0.3 is 12.1 Å². The molecule has 7 amide bonds. The molecule has 10 heteroatoms. The third-order valence-corrected chi connectivity index (χ3v) is 7.89.